The van der Waals surface area contributed by atoms with Gasteiger partial charge in [-0.05, 0) is 38.5 Å². The molecule has 0 unspecified atom stereocenters. The largest absolute Gasteiger partial charge is 0.493 e. The number of thiol groups is 2. The van der Waals surface area contributed by atoms with Gasteiger partial charge in [-0.1, -0.05) is 41.5 Å². The van der Waals surface area contributed by atoms with Gasteiger partial charge in [-0.25, -0.2) is 0 Å². The third-order valence-electron chi connectivity index (χ3n) is 3.24. The van der Waals surface area contributed by atoms with E-state index in [2.05, 4.69) is 69.4 Å². The molecule has 0 fully saturated rings. The highest BCUT2D eigenvalue weighted by Gasteiger charge is 2.11. The molecule has 21 heavy (non-hydrogen) atoms. The van der Waals surface area contributed by atoms with E-state index >= 15 is 0 Å². The van der Waals surface area contributed by atoms with Crippen LogP contribution in [-0.2, 0) is 0 Å². The third-order valence-corrected chi connectivity index (χ3v) is 4.36. The second-order valence-electron chi connectivity index (χ2n) is 5.00. The Labute approximate surface area is 137 Å². The second kappa shape index (κ2) is 7.10. The van der Waals surface area contributed by atoms with Crippen molar-refractivity contribution in [3.63, 3.8) is 0 Å². The van der Waals surface area contributed by atoms with E-state index < -0.39 is 0 Å². The lowest BCUT2D eigenvalue weighted by atomic mass is 10.1. The Kier molecular flexibility index (Phi) is 5.43. The van der Waals surface area contributed by atoms with E-state index in [1.807, 2.05) is 19.1 Å². The van der Waals surface area contributed by atoms with Crippen molar-refractivity contribution in [1.29, 1.82) is 0 Å². The van der Waals surface area contributed by atoms with Crippen molar-refractivity contribution >= 4 is 35.1 Å². The Hall–Kier alpha value is -1.32. The average Bonchev–Trinajstić information content (AvgIpc) is 2.48. The van der Waals surface area contributed by atoms with Gasteiger partial charge in [0.2, 0.25) is 0 Å². The molecule has 0 aliphatic heterocycles. The summed E-state index contributed by atoms with van der Waals surface area (Å²) in [5.74, 6) is 0.840. The fourth-order valence-corrected chi connectivity index (χ4v) is 2.66. The van der Waals surface area contributed by atoms with Gasteiger partial charge in [0.1, 0.15) is 5.75 Å². The van der Waals surface area contributed by atoms with Crippen LogP contribution in [0.4, 0.5) is 0 Å². The minimum Gasteiger partial charge on any atom is -0.493 e. The topological polar surface area (TPSA) is 9.23 Å². The van der Waals surface area contributed by atoms with Crippen molar-refractivity contribution in [2.24, 2.45) is 0 Å². The molecule has 0 aliphatic carbocycles. The summed E-state index contributed by atoms with van der Waals surface area (Å²) in [5.41, 5.74) is 4.43. The van der Waals surface area contributed by atoms with Gasteiger partial charge >= 0.3 is 0 Å². The van der Waals surface area contributed by atoms with E-state index in [1.165, 1.54) is 11.1 Å². The van der Waals surface area contributed by atoms with E-state index in [0.29, 0.717) is 6.61 Å². The van der Waals surface area contributed by atoms with Crippen molar-refractivity contribution in [3.05, 3.63) is 64.7 Å². The lowest BCUT2D eigenvalue weighted by molar-refractivity contribution is 0.339. The summed E-state index contributed by atoms with van der Waals surface area (Å²) in [4.78, 5) is 1.68. The first-order valence-corrected chi connectivity index (χ1v) is 7.85. The zero-order chi connectivity index (χ0) is 15.4. The van der Waals surface area contributed by atoms with Crippen LogP contribution >= 0.6 is 25.3 Å². The Bertz CT molecular complexity index is 657. The first kappa shape index (κ1) is 16.1. The lowest BCUT2D eigenvalue weighted by Gasteiger charge is -2.13. The molecule has 1 nitrogen and oxygen atoms in total. The molecular formula is C18H20OS2. The first-order chi connectivity index (χ1) is 10.0. The maximum absolute atomic E-state index is 5.70. The summed E-state index contributed by atoms with van der Waals surface area (Å²) < 4.78 is 5.70. The molecule has 0 aromatic heterocycles. The monoisotopic (exact) mass is 316 g/mol. The third kappa shape index (κ3) is 3.86. The van der Waals surface area contributed by atoms with Crippen LogP contribution in [0.3, 0.4) is 0 Å². The molecule has 0 N–H and O–H groups in total. The van der Waals surface area contributed by atoms with E-state index in [-0.39, 0.29) is 0 Å². The smallest absolute Gasteiger partial charge is 0.127 e. The minimum atomic E-state index is 0.629. The van der Waals surface area contributed by atoms with Gasteiger partial charge < -0.3 is 4.74 Å². The van der Waals surface area contributed by atoms with E-state index in [1.54, 1.807) is 0 Å². The van der Waals surface area contributed by atoms with Crippen LogP contribution < -0.4 is 4.74 Å². The Balaban J connectivity index is 2.50. The quantitative estimate of drug-likeness (QED) is 0.568. The van der Waals surface area contributed by atoms with Gasteiger partial charge in [-0.3, -0.25) is 0 Å². The molecule has 0 bridgehead atoms. The standard InChI is InChI=1S/C18H20OS2/c1-4-19-16-10-7-13(3)11-15(16)18(21)17(20)14-8-5-12(2)6-9-14/h5-11,20-21H,4H2,1-3H3. The average molecular weight is 316 g/mol. The second-order valence-corrected chi connectivity index (χ2v) is 5.89. The molecule has 0 spiro atoms. The van der Waals surface area contributed by atoms with Crippen molar-refractivity contribution in [1.82, 2.24) is 0 Å². The van der Waals surface area contributed by atoms with Crippen LogP contribution in [0.5, 0.6) is 5.75 Å². The van der Waals surface area contributed by atoms with Crippen LogP contribution in [0.25, 0.3) is 9.81 Å². The minimum absolute atomic E-state index is 0.629. The van der Waals surface area contributed by atoms with E-state index in [0.717, 1.165) is 26.7 Å². The molecule has 110 valence electrons. The van der Waals surface area contributed by atoms with Gasteiger partial charge in [0.25, 0.3) is 0 Å². The highest BCUT2D eigenvalue weighted by atomic mass is 32.1. The summed E-state index contributed by atoms with van der Waals surface area (Å²) in [5, 5.41) is 0. The SMILES string of the molecule is CCOc1ccc(C)cc1C(S)=C(S)c1ccc(C)cc1. The molecule has 0 amide bonds. The molecule has 0 aliphatic rings. The molecule has 0 saturated heterocycles. The fraction of sp³-hybridized carbons (Fsp3) is 0.222. The van der Waals surface area contributed by atoms with Crippen LogP contribution in [0, 0.1) is 13.8 Å². The summed E-state index contributed by atoms with van der Waals surface area (Å²) in [6.45, 7) is 6.74. The van der Waals surface area contributed by atoms with Crippen LogP contribution in [0.1, 0.15) is 29.2 Å². The van der Waals surface area contributed by atoms with E-state index in [9.17, 15) is 0 Å². The van der Waals surface area contributed by atoms with Gasteiger partial charge in [0, 0.05) is 15.4 Å². The van der Waals surface area contributed by atoms with Gasteiger partial charge in [-0.2, -0.15) is 0 Å². The molecule has 0 radical (unpaired) electrons. The summed E-state index contributed by atoms with van der Waals surface area (Å²) in [6, 6.07) is 14.4. The van der Waals surface area contributed by atoms with Crippen molar-refractivity contribution in [3.8, 4) is 5.75 Å². The van der Waals surface area contributed by atoms with Gasteiger partial charge in [-0.15, -0.1) is 25.3 Å². The lowest BCUT2D eigenvalue weighted by Crippen LogP contribution is -1.96. The zero-order valence-electron chi connectivity index (χ0n) is 12.6. The molecule has 0 saturated carbocycles. The molecule has 2 aromatic rings. The number of aryl methyl sites for hydroxylation is 2. The molecule has 0 heterocycles. The van der Waals surface area contributed by atoms with Crippen molar-refractivity contribution in [2.45, 2.75) is 20.8 Å². The normalized spacial score (nSPS) is 12.0. The molecule has 2 aromatic carbocycles. The predicted octanol–water partition coefficient (Wildman–Crippen LogP) is 5.39. The maximum Gasteiger partial charge on any atom is 0.127 e. The number of benzene rings is 2. The molecular weight excluding hydrogens is 296 g/mol. The zero-order valence-corrected chi connectivity index (χ0v) is 14.3. The van der Waals surface area contributed by atoms with Gasteiger partial charge in [0.05, 0.1) is 6.61 Å². The van der Waals surface area contributed by atoms with Crippen LogP contribution in [0.15, 0.2) is 42.5 Å². The maximum atomic E-state index is 5.70. The number of hydrogen-bond acceptors (Lipinski definition) is 3. The highest BCUT2D eigenvalue weighted by molar-refractivity contribution is 7.96. The molecule has 0 atom stereocenters. The molecule has 3 heteroatoms. The fourth-order valence-electron chi connectivity index (χ4n) is 2.09. The predicted molar refractivity (Wildman–Crippen MR) is 98.3 cm³/mol. The van der Waals surface area contributed by atoms with E-state index in [4.69, 9.17) is 4.74 Å². The number of ether oxygens (including phenoxy) is 1. The van der Waals surface area contributed by atoms with Crippen molar-refractivity contribution in [2.75, 3.05) is 6.61 Å². The Morgan fingerprint density at radius 3 is 2.14 bits per heavy atom. The van der Waals surface area contributed by atoms with Crippen LogP contribution in [0.2, 0.25) is 0 Å². The van der Waals surface area contributed by atoms with Crippen molar-refractivity contribution < 1.29 is 4.74 Å². The first-order valence-electron chi connectivity index (χ1n) is 6.96. The summed E-state index contributed by atoms with van der Waals surface area (Å²) >= 11 is 9.34. The number of rotatable bonds is 4. The Morgan fingerprint density at radius 2 is 1.52 bits per heavy atom. The van der Waals surface area contributed by atoms with Crippen LogP contribution in [-0.4, -0.2) is 6.61 Å². The summed E-state index contributed by atoms with van der Waals surface area (Å²) in [7, 11) is 0. The number of hydrogen-bond donors (Lipinski definition) is 2. The summed E-state index contributed by atoms with van der Waals surface area (Å²) in [6.07, 6.45) is 0. The van der Waals surface area contributed by atoms with Gasteiger partial charge in [0.15, 0.2) is 0 Å². The molecule has 2 rings (SSSR count). The highest BCUT2D eigenvalue weighted by Crippen LogP contribution is 2.37. The Morgan fingerprint density at radius 1 is 0.905 bits per heavy atom.